The second-order valence-corrected chi connectivity index (χ2v) is 8.42. The average molecular weight is 398 g/mol. The van der Waals surface area contributed by atoms with Crippen molar-refractivity contribution in [1.82, 2.24) is 20.5 Å². The minimum atomic E-state index is -0.485. The summed E-state index contributed by atoms with van der Waals surface area (Å²) in [7, 11) is 1.74. The zero-order chi connectivity index (χ0) is 20.3. The standard InChI is InChI=1S/C19H35N5O2S/c1-7-12-24(18(25)26-19(3,4)5)13-11-22-17(20-6)21-10-9-16-23-14-15(8-2)27-16/h14H,7-13H2,1-6H3,(H2,20,21,22). The van der Waals surface area contributed by atoms with E-state index in [1.54, 1.807) is 23.3 Å². The molecule has 0 spiro atoms. The van der Waals surface area contributed by atoms with Crippen LogP contribution in [0, 0.1) is 0 Å². The molecule has 0 bridgehead atoms. The van der Waals surface area contributed by atoms with Crippen molar-refractivity contribution in [3.8, 4) is 0 Å². The molecule has 0 aliphatic rings. The fourth-order valence-electron chi connectivity index (χ4n) is 2.34. The van der Waals surface area contributed by atoms with Gasteiger partial charge in [-0.2, -0.15) is 0 Å². The molecule has 0 fully saturated rings. The fourth-order valence-corrected chi connectivity index (χ4v) is 3.20. The lowest BCUT2D eigenvalue weighted by atomic mass is 10.2. The highest BCUT2D eigenvalue weighted by Crippen LogP contribution is 2.13. The Bertz CT molecular complexity index is 595. The first kappa shape index (κ1) is 23.2. The van der Waals surface area contributed by atoms with E-state index >= 15 is 0 Å². The second kappa shape index (κ2) is 11.8. The van der Waals surface area contributed by atoms with Gasteiger partial charge in [-0.15, -0.1) is 11.3 Å². The molecule has 27 heavy (non-hydrogen) atoms. The van der Waals surface area contributed by atoms with Gasteiger partial charge in [-0.1, -0.05) is 13.8 Å². The molecule has 1 aromatic rings. The van der Waals surface area contributed by atoms with Crippen LogP contribution in [-0.2, 0) is 17.6 Å². The van der Waals surface area contributed by atoms with E-state index in [2.05, 4.69) is 27.5 Å². The molecule has 1 rings (SSSR count). The number of aromatic nitrogens is 1. The molecule has 0 aliphatic heterocycles. The summed E-state index contributed by atoms with van der Waals surface area (Å²) < 4.78 is 5.47. The molecule has 154 valence electrons. The Morgan fingerprint density at radius 1 is 1.26 bits per heavy atom. The lowest BCUT2D eigenvalue weighted by Crippen LogP contribution is -2.45. The largest absolute Gasteiger partial charge is 0.444 e. The van der Waals surface area contributed by atoms with E-state index in [9.17, 15) is 4.79 Å². The average Bonchev–Trinajstić information content (AvgIpc) is 3.06. The monoisotopic (exact) mass is 397 g/mol. The van der Waals surface area contributed by atoms with Crippen LogP contribution >= 0.6 is 11.3 Å². The van der Waals surface area contributed by atoms with Gasteiger partial charge in [-0.05, 0) is 33.6 Å². The Balaban J connectivity index is 2.37. The second-order valence-electron chi connectivity index (χ2n) is 7.22. The normalized spacial score (nSPS) is 12.0. The Kier molecular flexibility index (Phi) is 10.1. The van der Waals surface area contributed by atoms with Crippen LogP contribution in [-0.4, -0.2) is 60.8 Å². The van der Waals surface area contributed by atoms with Crippen LogP contribution in [0.3, 0.4) is 0 Å². The third kappa shape index (κ3) is 9.60. The molecule has 2 N–H and O–H groups in total. The van der Waals surface area contributed by atoms with Gasteiger partial charge in [0.15, 0.2) is 5.96 Å². The number of carbonyl (C=O) groups is 1. The molecule has 7 nitrogen and oxygen atoms in total. The lowest BCUT2D eigenvalue weighted by Gasteiger charge is -2.27. The number of aliphatic imine (C=N–C) groups is 1. The number of hydrogen-bond acceptors (Lipinski definition) is 5. The van der Waals surface area contributed by atoms with E-state index in [-0.39, 0.29) is 6.09 Å². The van der Waals surface area contributed by atoms with Crippen LogP contribution in [0.1, 0.15) is 50.9 Å². The number of nitrogens with one attached hydrogen (secondary N) is 2. The maximum Gasteiger partial charge on any atom is 0.410 e. The lowest BCUT2D eigenvalue weighted by molar-refractivity contribution is 0.0253. The van der Waals surface area contributed by atoms with E-state index in [0.29, 0.717) is 19.6 Å². The molecule has 0 atom stereocenters. The molecule has 8 heteroatoms. The van der Waals surface area contributed by atoms with Crippen LogP contribution in [0.15, 0.2) is 11.2 Å². The first-order valence-electron chi connectivity index (χ1n) is 9.65. The van der Waals surface area contributed by atoms with Crippen LogP contribution in [0.4, 0.5) is 4.79 Å². The Morgan fingerprint density at radius 3 is 2.52 bits per heavy atom. The van der Waals surface area contributed by atoms with Crippen molar-refractivity contribution in [1.29, 1.82) is 0 Å². The van der Waals surface area contributed by atoms with Crippen LogP contribution in [0.25, 0.3) is 0 Å². The summed E-state index contributed by atoms with van der Waals surface area (Å²) in [5.74, 6) is 0.725. The maximum absolute atomic E-state index is 12.3. The third-order valence-electron chi connectivity index (χ3n) is 3.62. The van der Waals surface area contributed by atoms with Gasteiger partial charge in [-0.25, -0.2) is 9.78 Å². The molecule has 1 amide bonds. The van der Waals surface area contributed by atoms with Gasteiger partial charge >= 0.3 is 6.09 Å². The van der Waals surface area contributed by atoms with Gasteiger partial charge in [0.05, 0.1) is 5.01 Å². The highest BCUT2D eigenvalue weighted by molar-refractivity contribution is 7.11. The van der Waals surface area contributed by atoms with Crippen LogP contribution in [0.5, 0.6) is 0 Å². The molecule has 0 aromatic carbocycles. The first-order chi connectivity index (χ1) is 12.8. The van der Waals surface area contributed by atoms with Gasteiger partial charge in [-0.3, -0.25) is 4.99 Å². The van der Waals surface area contributed by atoms with Crippen molar-refractivity contribution in [2.24, 2.45) is 4.99 Å². The maximum atomic E-state index is 12.3. The summed E-state index contributed by atoms with van der Waals surface area (Å²) in [6, 6.07) is 0. The molecular weight excluding hydrogens is 362 g/mol. The summed E-state index contributed by atoms with van der Waals surface area (Å²) in [6.45, 7) is 12.4. The van der Waals surface area contributed by atoms with Crippen molar-refractivity contribution in [3.05, 3.63) is 16.1 Å². The summed E-state index contributed by atoms with van der Waals surface area (Å²) >= 11 is 1.76. The predicted molar refractivity (Wildman–Crippen MR) is 113 cm³/mol. The number of nitrogens with zero attached hydrogens (tertiary/aromatic N) is 3. The van der Waals surface area contributed by atoms with E-state index in [0.717, 1.165) is 36.8 Å². The zero-order valence-electron chi connectivity index (χ0n) is 17.6. The number of hydrogen-bond donors (Lipinski definition) is 2. The van der Waals surface area contributed by atoms with Gasteiger partial charge < -0.3 is 20.3 Å². The minimum Gasteiger partial charge on any atom is -0.444 e. The summed E-state index contributed by atoms with van der Waals surface area (Å²) in [5, 5.41) is 7.67. The van der Waals surface area contributed by atoms with Gasteiger partial charge in [0.25, 0.3) is 0 Å². The quantitative estimate of drug-likeness (QED) is 0.495. The van der Waals surface area contributed by atoms with Crippen molar-refractivity contribution in [2.45, 2.75) is 59.5 Å². The number of carbonyl (C=O) groups excluding carboxylic acids is 1. The third-order valence-corrected chi connectivity index (χ3v) is 4.83. The van der Waals surface area contributed by atoms with Gasteiger partial charge in [0.1, 0.15) is 5.60 Å². The number of thiazole rings is 1. The van der Waals surface area contributed by atoms with E-state index in [4.69, 9.17) is 4.74 Å². The van der Waals surface area contributed by atoms with Crippen molar-refractivity contribution >= 4 is 23.4 Å². The molecule has 0 saturated heterocycles. The molecule has 1 heterocycles. The van der Waals surface area contributed by atoms with E-state index in [1.807, 2.05) is 33.9 Å². The number of amides is 1. The molecule has 1 aromatic heterocycles. The number of rotatable bonds is 9. The summed E-state index contributed by atoms with van der Waals surface area (Å²) in [5.41, 5.74) is -0.485. The molecule has 0 saturated carbocycles. The molecule has 0 unspecified atom stereocenters. The Hall–Kier alpha value is -1.83. The van der Waals surface area contributed by atoms with Gasteiger partial charge in [0.2, 0.25) is 0 Å². The topological polar surface area (TPSA) is 78.9 Å². The molecule has 0 aliphatic carbocycles. The highest BCUT2D eigenvalue weighted by Gasteiger charge is 2.21. The Morgan fingerprint density at radius 2 is 1.96 bits per heavy atom. The van der Waals surface area contributed by atoms with Crippen LogP contribution < -0.4 is 10.6 Å². The fraction of sp³-hybridized carbons (Fsp3) is 0.737. The SMILES string of the molecule is CCCN(CCNC(=NC)NCCc1ncc(CC)s1)C(=O)OC(C)(C)C. The number of ether oxygens (including phenoxy) is 1. The smallest absolute Gasteiger partial charge is 0.410 e. The van der Waals surface area contributed by atoms with E-state index < -0.39 is 5.60 Å². The van der Waals surface area contributed by atoms with Crippen molar-refractivity contribution in [2.75, 3.05) is 33.2 Å². The van der Waals surface area contributed by atoms with E-state index in [1.165, 1.54) is 4.88 Å². The predicted octanol–water partition coefficient (Wildman–Crippen LogP) is 3.06. The summed E-state index contributed by atoms with van der Waals surface area (Å²) in [6.07, 6.45) is 4.46. The van der Waals surface area contributed by atoms with Crippen molar-refractivity contribution < 1.29 is 9.53 Å². The number of guanidine groups is 1. The van der Waals surface area contributed by atoms with Gasteiger partial charge in [0, 0.05) is 50.7 Å². The van der Waals surface area contributed by atoms with Crippen LogP contribution in [0.2, 0.25) is 0 Å². The minimum absolute atomic E-state index is 0.274. The molecule has 0 radical (unpaired) electrons. The highest BCUT2D eigenvalue weighted by atomic mass is 32.1. The Labute approximate surface area is 167 Å². The summed E-state index contributed by atoms with van der Waals surface area (Å²) in [4.78, 5) is 24.0. The number of aryl methyl sites for hydroxylation is 1. The van der Waals surface area contributed by atoms with Crippen molar-refractivity contribution in [3.63, 3.8) is 0 Å². The zero-order valence-corrected chi connectivity index (χ0v) is 18.4. The first-order valence-corrected chi connectivity index (χ1v) is 10.5. The molecular formula is C19H35N5O2S.